The summed E-state index contributed by atoms with van der Waals surface area (Å²) in [5.41, 5.74) is -0.340. The van der Waals surface area contributed by atoms with Crippen molar-refractivity contribution < 1.29 is 23.8 Å². The molecule has 18 heavy (non-hydrogen) atoms. The first-order valence-electron chi connectivity index (χ1n) is 5.27. The highest BCUT2D eigenvalue weighted by Gasteiger charge is 2.11. The second-order valence-corrected chi connectivity index (χ2v) is 4.64. The topological polar surface area (TPSA) is 63.6 Å². The molecule has 4 nitrogen and oxygen atoms in total. The van der Waals surface area contributed by atoms with Crippen molar-refractivity contribution in [3.8, 4) is 0 Å². The molecule has 0 aromatic heterocycles. The molecule has 0 saturated heterocycles. The van der Waals surface area contributed by atoms with Crippen LogP contribution in [0, 0.1) is 5.82 Å². The number of halogens is 1. The summed E-state index contributed by atoms with van der Waals surface area (Å²) in [7, 11) is 1.33. The molecule has 0 heterocycles. The maximum Gasteiger partial charge on any atom is 0.338 e. The fourth-order valence-corrected chi connectivity index (χ4v) is 2.16. The molecule has 98 valence electrons. The number of hydrogen-bond acceptors (Lipinski definition) is 4. The Kier molecular flexibility index (Phi) is 5.64. The first kappa shape index (κ1) is 14.5. The number of carbonyl (C=O) groups is 2. The van der Waals surface area contributed by atoms with E-state index in [2.05, 4.69) is 4.74 Å². The summed E-state index contributed by atoms with van der Waals surface area (Å²) in [6, 6.07) is 3.94. The lowest BCUT2D eigenvalue weighted by Crippen LogP contribution is -2.01. The third kappa shape index (κ3) is 4.37. The van der Waals surface area contributed by atoms with E-state index >= 15 is 0 Å². The van der Waals surface area contributed by atoms with Crippen molar-refractivity contribution in [1.29, 1.82) is 0 Å². The van der Waals surface area contributed by atoms with Crippen molar-refractivity contribution in [3.63, 3.8) is 0 Å². The SMILES string of the molecule is COC(=O)CCCSc1ccc(F)c(C(=O)O)c1. The van der Waals surface area contributed by atoms with Gasteiger partial charge in [-0.3, -0.25) is 4.79 Å². The van der Waals surface area contributed by atoms with E-state index in [-0.39, 0.29) is 11.5 Å². The number of thioether (sulfide) groups is 1. The maximum atomic E-state index is 13.1. The number of benzene rings is 1. The number of carbonyl (C=O) groups excluding carboxylic acids is 1. The summed E-state index contributed by atoms with van der Waals surface area (Å²) in [6.07, 6.45) is 0.938. The number of carboxylic acid groups (broad SMARTS) is 1. The van der Waals surface area contributed by atoms with Gasteiger partial charge in [0.1, 0.15) is 5.82 Å². The first-order chi connectivity index (χ1) is 8.54. The Morgan fingerprint density at radius 2 is 2.17 bits per heavy atom. The second kappa shape index (κ2) is 7.00. The molecule has 1 aromatic rings. The molecule has 0 radical (unpaired) electrons. The quantitative estimate of drug-likeness (QED) is 0.490. The van der Waals surface area contributed by atoms with E-state index in [0.717, 1.165) is 6.07 Å². The minimum absolute atomic E-state index is 0.277. The summed E-state index contributed by atoms with van der Waals surface area (Å²) in [5.74, 6) is -1.67. The van der Waals surface area contributed by atoms with Gasteiger partial charge < -0.3 is 9.84 Å². The number of esters is 1. The zero-order valence-electron chi connectivity index (χ0n) is 9.81. The van der Waals surface area contributed by atoms with Crippen molar-refractivity contribution >= 4 is 23.7 Å². The van der Waals surface area contributed by atoms with Crippen LogP contribution < -0.4 is 0 Å². The van der Waals surface area contributed by atoms with Crippen molar-refractivity contribution in [2.45, 2.75) is 17.7 Å². The highest BCUT2D eigenvalue weighted by Crippen LogP contribution is 2.22. The average Bonchev–Trinajstić information content (AvgIpc) is 2.35. The van der Waals surface area contributed by atoms with Gasteiger partial charge in [-0.05, 0) is 30.4 Å². The molecule has 0 aliphatic carbocycles. The molecule has 0 aliphatic rings. The van der Waals surface area contributed by atoms with E-state index in [4.69, 9.17) is 5.11 Å². The molecule has 1 rings (SSSR count). The third-order valence-electron chi connectivity index (χ3n) is 2.19. The van der Waals surface area contributed by atoms with Gasteiger partial charge in [0.15, 0.2) is 0 Å². The van der Waals surface area contributed by atoms with E-state index in [9.17, 15) is 14.0 Å². The molecule has 0 unspecified atom stereocenters. The molecule has 0 aliphatic heterocycles. The average molecular weight is 272 g/mol. The zero-order valence-corrected chi connectivity index (χ0v) is 10.6. The Hall–Kier alpha value is -1.56. The maximum absolute atomic E-state index is 13.1. The van der Waals surface area contributed by atoms with Crippen LogP contribution in [0.25, 0.3) is 0 Å². The van der Waals surface area contributed by atoms with Gasteiger partial charge in [0.2, 0.25) is 0 Å². The number of ether oxygens (including phenoxy) is 1. The third-order valence-corrected chi connectivity index (χ3v) is 3.27. The zero-order chi connectivity index (χ0) is 13.5. The first-order valence-corrected chi connectivity index (χ1v) is 6.25. The molecule has 0 amide bonds. The van der Waals surface area contributed by atoms with E-state index in [1.807, 2.05) is 0 Å². The normalized spacial score (nSPS) is 10.1. The van der Waals surface area contributed by atoms with Gasteiger partial charge in [0.25, 0.3) is 0 Å². The molecule has 1 aromatic carbocycles. The number of carboxylic acids is 1. The summed E-state index contributed by atoms with van der Waals surface area (Å²) in [6.45, 7) is 0. The molecular weight excluding hydrogens is 259 g/mol. The van der Waals surface area contributed by atoms with Crippen LogP contribution in [0.15, 0.2) is 23.1 Å². The van der Waals surface area contributed by atoms with Crippen LogP contribution in [0.4, 0.5) is 4.39 Å². The van der Waals surface area contributed by atoms with Crippen LogP contribution in [-0.2, 0) is 9.53 Å². The second-order valence-electron chi connectivity index (χ2n) is 3.47. The summed E-state index contributed by atoms with van der Waals surface area (Å²) >= 11 is 1.38. The molecule has 0 fully saturated rings. The van der Waals surface area contributed by atoms with Crippen molar-refractivity contribution in [2.24, 2.45) is 0 Å². The Balaban J connectivity index is 2.50. The van der Waals surface area contributed by atoms with Gasteiger partial charge >= 0.3 is 11.9 Å². The van der Waals surface area contributed by atoms with Crippen LogP contribution in [0.1, 0.15) is 23.2 Å². The fourth-order valence-electron chi connectivity index (χ4n) is 1.27. The number of aromatic carboxylic acids is 1. The van der Waals surface area contributed by atoms with Crippen molar-refractivity contribution in [1.82, 2.24) is 0 Å². The minimum atomic E-state index is -1.29. The molecule has 0 saturated carbocycles. The molecule has 0 atom stereocenters. The summed E-state index contributed by atoms with van der Waals surface area (Å²) in [4.78, 5) is 22.2. The number of rotatable bonds is 6. The predicted octanol–water partition coefficient (Wildman–Crippen LogP) is 2.57. The van der Waals surface area contributed by atoms with Gasteiger partial charge in [0, 0.05) is 11.3 Å². The smallest absolute Gasteiger partial charge is 0.338 e. The van der Waals surface area contributed by atoms with Crippen LogP contribution in [-0.4, -0.2) is 29.9 Å². The van der Waals surface area contributed by atoms with E-state index in [1.54, 1.807) is 0 Å². The molecular formula is C12H13FO4S. The monoisotopic (exact) mass is 272 g/mol. The summed E-state index contributed by atoms with van der Waals surface area (Å²) < 4.78 is 17.6. The lowest BCUT2D eigenvalue weighted by atomic mass is 10.2. The van der Waals surface area contributed by atoms with Gasteiger partial charge in [-0.25, -0.2) is 9.18 Å². The van der Waals surface area contributed by atoms with Gasteiger partial charge in [-0.1, -0.05) is 0 Å². The van der Waals surface area contributed by atoms with Crippen molar-refractivity contribution in [3.05, 3.63) is 29.6 Å². The number of methoxy groups -OCH3 is 1. The highest BCUT2D eigenvalue weighted by molar-refractivity contribution is 7.99. The van der Waals surface area contributed by atoms with Crippen LogP contribution in [0.3, 0.4) is 0 Å². The Morgan fingerprint density at radius 1 is 1.44 bits per heavy atom. The van der Waals surface area contributed by atoms with Gasteiger partial charge in [0.05, 0.1) is 12.7 Å². The van der Waals surface area contributed by atoms with Crippen LogP contribution in [0.5, 0.6) is 0 Å². The molecule has 1 N–H and O–H groups in total. The molecule has 0 spiro atoms. The largest absolute Gasteiger partial charge is 0.478 e. The Labute approximate surface area is 108 Å². The molecule has 0 bridgehead atoms. The van der Waals surface area contributed by atoms with E-state index < -0.39 is 11.8 Å². The van der Waals surface area contributed by atoms with Crippen LogP contribution >= 0.6 is 11.8 Å². The Bertz CT molecular complexity index is 448. The predicted molar refractivity (Wildman–Crippen MR) is 65.3 cm³/mol. The lowest BCUT2D eigenvalue weighted by Gasteiger charge is -2.03. The number of hydrogen-bond donors (Lipinski definition) is 1. The van der Waals surface area contributed by atoms with Gasteiger partial charge in [-0.15, -0.1) is 11.8 Å². The van der Waals surface area contributed by atoms with Crippen LogP contribution in [0.2, 0.25) is 0 Å². The Morgan fingerprint density at radius 3 is 2.78 bits per heavy atom. The minimum Gasteiger partial charge on any atom is -0.478 e. The molecule has 6 heteroatoms. The fraction of sp³-hybridized carbons (Fsp3) is 0.333. The van der Waals surface area contributed by atoms with E-state index in [0.29, 0.717) is 23.5 Å². The highest BCUT2D eigenvalue weighted by atomic mass is 32.2. The van der Waals surface area contributed by atoms with E-state index in [1.165, 1.54) is 31.0 Å². The lowest BCUT2D eigenvalue weighted by molar-refractivity contribution is -0.140. The van der Waals surface area contributed by atoms with Gasteiger partial charge in [-0.2, -0.15) is 0 Å². The standard InChI is InChI=1S/C12H13FO4S/c1-17-11(14)3-2-6-18-8-4-5-10(13)9(7-8)12(15)16/h4-5,7H,2-3,6H2,1H3,(H,15,16). The summed E-state index contributed by atoms with van der Waals surface area (Å²) in [5, 5.41) is 8.76. The van der Waals surface area contributed by atoms with Crippen molar-refractivity contribution in [2.75, 3.05) is 12.9 Å².